The molecule has 0 spiro atoms. The zero-order valence-corrected chi connectivity index (χ0v) is 8.51. The van der Waals surface area contributed by atoms with Crippen molar-refractivity contribution < 1.29 is 9.53 Å². The van der Waals surface area contributed by atoms with Crippen molar-refractivity contribution in [3.8, 4) is 0 Å². The molecular weight excluding hydrogens is 166 g/mol. The number of piperidine rings is 1. The summed E-state index contributed by atoms with van der Waals surface area (Å²) in [5, 5.41) is 3.32. The summed E-state index contributed by atoms with van der Waals surface area (Å²) in [5.74, 6) is 1.07. The molecule has 1 aliphatic heterocycles. The predicted octanol–water partition coefficient (Wildman–Crippen LogP) is 1.19. The summed E-state index contributed by atoms with van der Waals surface area (Å²) in [7, 11) is 0. The van der Waals surface area contributed by atoms with Gasteiger partial charge in [-0.05, 0) is 38.3 Å². The van der Waals surface area contributed by atoms with Gasteiger partial charge in [0.05, 0.1) is 6.61 Å². The Morgan fingerprint density at radius 1 is 1.62 bits per heavy atom. The first-order valence-electron chi connectivity index (χ1n) is 5.10. The van der Waals surface area contributed by atoms with Crippen molar-refractivity contribution in [2.45, 2.75) is 26.7 Å². The van der Waals surface area contributed by atoms with Crippen molar-refractivity contribution >= 4 is 5.97 Å². The Morgan fingerprint density at radius 3 is 3.00 bits per heavy atom. The number of carbonyl (C=O) groups is 1. The van der Waals surface area contributed by atoms with E-state index in [1.54, 1.807) is 0 Å². The fraction of sp³-hybridized carbons (Fsp3) is 0.900. The maximum Gasteiger partial charge on any atom is 0.306 e. The highest BCUT2D eigenvalue weighted by Gasteiger charge is 2.23. The highest BCUT2D eigenvalue weighted by molar-refractivity contribution is 5.69. The van der Waals surface area contributed by atoms with Gasteiger partial charge in [0, 0.05) is 6.42 Å². The summed E-state index contributed by atoms with van der Waals surface area (Å²) < 4.78 is 4.93. The first kappa shape index (κ1) is 10.5. The summed E-state index contributed by atoms with van der Waals surface area (Å²) in [6.45, 7) is 6.61. The lowest BCUT2D eigenvalue weighted by atomic mass is 9.85. The lowest BCUT2D eigenvalue weighted by Crippen LogP contribution is -2.36. The molecule has 3 heteroatoms. The smallest absolute Gasteiger partial charge is 0.306 e. The van der Waals surface area contributed by atoms with Crippen LogP contribution >= 0.6 is 0 Å². The van der Waals surface area contributed by atoms with Crippen LogP contribution in [0.3, 0.4) is 0 Å². The molecule has 2 atom stereocenters. The fourth-order valence-electron chi connectivity index (χ4n) is 1.81. The number of nitrogens with one attached hydrogen (secondary N) is 1. The molecule has 76 valence electrons. The van der Waals surface area contributed by atoms with E-state index < -0.39 is 0 Å². The van der Waals surface area contributed by atoms with Gasteiger partial charge < -0.3 is 10.1 Å². The van der Waals surface area contributed by atoms with Crippen molar-refractivity contribution in [1.29, 1.82) is 0 Å². The molecule has 1 aliphatic rings. The molecule has 0 aromatic heterocycles. The minimum Gasteiger partial charge on any atom is -0.466 e. The highest BCUT2D eigenvalue weighted by Crippen LogP contribution is 2.22. The first-order valence-corrected chi connectivity index (χ1v) is 5.10. The largest absolute Gasteiger partial charge is 0.466 e. The minimum absolute atomic E-state index is 0.0405. The number of ether oxygens (including phenoxy) is 1. The van der Waals surface area contributed by atoms with E-state index >= 15 is 0 Å². The molecule has 1 N–H and O–H groups in total. The zero-order valence-electron chi connectivity index (χ0n) is 8.51. The SMILES string of the molecule is CCOC(=O)C[C@@H]1CCNC[C@@H]1C. The topological polar surface area (TPSA) is 38.3 Å². The minimum atomic E-state index is -0.0405. The van der Waals surface area contributed by atoms with Crippen LogP contribution in [0.4, 0.5) is 0 Å². The first-order chi connectivity index (χ1) is 6.24. The van der Waals surface area contributed by atoms with Gasteiger partial charge in [-0.25, -0.2) is 0 Å². The molecular formula is C10H19NO2. The van der Waals surface area contributed by atoms with Gasteiger partial charge in [0.15, 0.2) is 0 Å². The van der Waals surface area contributed by atoms with Gasteiger partial charge in [-0.1, -0.05) is 6.92 Å². The van der Waals surface area contributed by atoms with Gasteiger partial charge in [0.2, 0.25) is 0 Å². The van der Waals surface area contributed by atoms with E-state index in [2.05, 4.69) is 12.2 Å². The fourth-order valence-corrected chi connectivity index (χ4v) is 1.81. The number of esters is 1. The Kier molecular flexibility index (Phi) is 4.22. The lowest BCUT2D eigenvalue weighted by Gasteiger charge is -2.28. The van der Waals surface area contributed by atoms with E-state index in [4.69, 9.17) is 4.74 Å². The second-order valence-electron chi connectivity index (χ2n) is 3.74. The van der Waals surface area contributed by atoms with Crippen molar-refractivity contribution in [2.24, 2.45) is 11.8 Å². The van der Waals surface area contributed by atoms with Crippen molar-refractivity contribution in [1.82, 2.24) is 5.32 Å². The quantitative estimate of drug-likeness (QED) is 0.671. The summed E-state index contributed by atoms with van der Waals surface area (Å²) in [6, 6.07) is 0. The van der Waals surface area contributed by atoms with Crippen LogP contribution in [-0.2, 0) is 9.53 Å². The second kappa shape index (κ2) is 5.22. The molecule has 0 amide bonds. The molecule has 0 bridgehead atoms. The molecule has 1 rings (SSSR count). The third-order valence-corrected chi connectivity index (χ3v) is 2.70. The van der Waals surface area contributed by atoms with Crippen LogP contribution < -0.4 is 5.32 Å². The number of rotatable bonds is 3. The Morgan fingerprint density at radius 2 is 2.38 bits per heavy atom. The highest BCUT2D eigenvalue weighted by atomic mass is 16.5. The van der Waals surface area contributed by atoms with Crippen molar-refractivity contribution in [3.63, 3.8) is 0 Å². The molecule has 1 heterocycles. The number of hydrogen-bond donors (Lipinski definition) is 1. The van der Waals surface area contributed by atoms with Crippen LogP contribution in [0.25, 0.3) is 0 Å². The number of carbonyl (C=O) groups excluding carboxylic acids is 1. The predicted molar refractivity (Wildman–Crippen MR) is 51.4 cm³/mol. The van der Waals surface area contributed by atoms with Gasteiger partial charge in [0.1, 0.15) is 0 Å². The maximum atomic E-state index is 11.2. The number of hydrogen-bond acceptors (Lipinski definition) is 3. The van der Waals surface area contributed by atoms with Crippen LogP contribution in [0.1, 0.15) is 26.7 Å². The van der Waals surface area contributed by atoms with Crippen LogP contribution in [0.2, 0.25) is 0 Å². The Bertz CT molecular complexity index is 170. The molecule has 0 aromatic rings. The summed E-state index contributed by atoms with van der Waals surface area (Å²) >= 11 is 0. The van der Waals surface area contributed by atoms with Crippen LogP contribution in [-0.4, -0.2) is 25.7 Å². The lowest BCUT2D eigenvalue weighted by molar-refractivity contribution is -0.144. The molecule has 1 saturated heterocycles. The average molecular weight is 185 g/mol. The van der Waals surface area contributed by atoms with Gasteiger partial charge in [0.25, 0.3) is 0 Å². The molecule has 3 nitrogen and oxygen atoms in total. The average Bonchev–Trinajstić information content (AvgIpc) is 2.09. The van der Waals surface area contributed by atoms with Crippen LogP contribution in [0.15, 0.2) is 0 Å². The van der Waals surface area contributed by atoms with E-state index in [0.29, 0.717) is 24.9 Å². The molecule has 1 fully saturated rings. The standard InChI is InChI=1S/C10H19NO2/c1-3-13-10(12)6-9-4-5-11-7-8(9)2/h8-9,11H,3-7H2,1-2H3/t8-,9-/m0/s1. The molecule has 13 heavy (non-hydrogen) atoms. The Labute approximate surface area is 79.8 Å². The summed E-state index contributed by atoms with van der Waals surface area (Å²) in [4.78, 5) is 11.2. The molecule has 0 aliphatic carbocycles. The van der Waals surface area contributed by atoms with Crippen molar-refractivity contribution in [3.05, 3.63) is 0 Å². The van der Waals surface area contributed by atoms with Crippen LogP contribution in [0, 0.1) is 11.8 Å². The van der Waals surface area contributed by atoms with Gasteiger partial charge in [-0.2, -0.15) is 0 Å². The van der Waals surface area contributed by atoms with E-state index in [9.17, 15) is 4.79 Å². The van der Waals surface area contributed by atoms with Crippen molar-refractivity contribution in [2.75, 3.05) is 19.7 Å². The molecule has 0 radical (unpaired) electrons. The Hall–Kier alpha value is -0.570. The van der Waals surface area contributed by atoms with Crippen LogP contribution in [0.5, 0.6) is 0 Å². The molecule has 0 saturated carbocycles. The second-order valence-corrected chi connectivity index (χ2v) is 3.74. The normalized spacial score (nSPS) is 28.5. The van der Waals surface area contributed by atoms with E-state index in [0.717, 1.165) is 19.5 Å². The summed E-state index contributed by atoms with van der Waals surface area (Å²) in [6.07, 6.45) is 1.69. The summed E-state index contributed by atoms with van der Waals surface area (Å²) in [5.41, 5.74) is 0. The van der Waals surface area contributed by atoms with E-state index in [1.807, 2.05) is 6.92 Å². The third kappa shape index (κ3) is 3.35. The van der Waals surface area contributed by atoms with Gasteiger partial charge in [-0.3, -0.25) is 4.79 Å². The monoisotopic (exact) mass is 185 g/mol. The maximum absolute atomic E-state index is 11.2. The van der Waals surface area contributed by atoms with Gasteiger partial charge in [-0.15, -0.1) is 0 Å². The van der Waals surface area contributed by atoms with Gasteiger partial charge >= 0.3 is 5.97 Å². The third-order valence-electron chi connectivity index (χ3n) is 2.70. The molecule has 0 unspecified atom stereocenters. The molecule has 0 aromatic carbocycles. The zero-order chi connectivity index (χ0) is 9.68. The van der Waals surface area contributed by atoms with E-state index in [1.165, 1.54) is 0 Å². The van der Waals surface area contributed by atoms with E-state index in [-0.39, 0.29) is 5.97 Å². The Balaban J connectivity index is 2.29.